The van der Waals surface area contributed by atoms with Crippen LogP contribution in [0.4, 0.5) is 0 Å². The maximum Gasteiger partial charge on any atom is 0.245 e. The lowest BCUT2D eigenvalue weighted by Crippen LogP contribution is -2.57. The van der Waals surface area contributed by atoms with E-state index in [2.05, 4.69) is 16.0 Å². The van der Waals surface area contributed by atoms with Crippen LogP contribution in [0.1, 0.15) is 36.8 Å². The lowest BCUT2D eigenvalue weighted by molar-refractivity contribution is -0.142. The molecule has 0 aromatic heterocycles. The molecular formula is C29H40N6O5. The SMILES string of the molecule is CN1C(=O)[C@H](CCCN)NC(=O)[C@H](N)Cc2cc(ccc2O)-c2ccc(O)c(c2)C[C@H]1C(=O)NCC1CCCN1. The normalized spacial score (nSPS) is 23.7. The van der Waals surface area contributed by atoms with Crippen molar-refractivity contribution < 1.29 is 24.6 Å². The number of carbonyl (C=O) groups is 3. The first-order chi connectivity index (χ1) is 19.2. The molecule has 2 aromatic carbocycles. The zero-order valence-electron chi connectivity index (χ0n) is 22.9. The molecule has 2 aliphatic rings. The summed E-state index contributed by atoms with van der Waals surface area (Å²) in [7, 11) is 1.53. The van der Waals surface area contributed by atoms with E-state index < -0.39 is 29.9 Å². The number of likely N-dealkylation sites (N-methyl/N-ethyl adjacent to an activating group) is 1. The molecule has 2 heterocycles. The maximum atomic E-state index is 13.8. The number of aromatic hydroxyl groups is 2. The number of hydrogen-bond donors (Lipinski definition) is 7. The number of amides is 3. The minimum atomic E-state index is -1.03. The number of nitrogens with one attached hydrogen (secondary N) is 3. The molecule has 1 fully saturated rings. The molecule has 4 atom stereocenters. The average molecular weight is 553 g/mol. The van der Waals surface area contributed by atoms with E-state index in [1.165, 1.54) is 18.0 Å². The third-order valence-electron chi connectivity index (χ3n) is 7.80. The van der Waals surface area contributed by atoms with Gasteiger partial charge in [-0.25, -0.2) is 0 Å². The van der Waals surface area contributed by atoms with Crippen LogP contribution in [-0.2, 0) is 27.2 Å². The van der Waals surface area contributed by atoms with E-state index in [1.807, 2.05) is 0 Å². The monoisotopic (exact) mass is 552 g/mol. The van der Waals surface area contributed by atoms with Crippen molar-refractivity contribution in [3.63, 3.8) is 0 Å². The van der Waals surface area contributed by atoms with Gasteiger partial charge in [0.25, 0.3) is 0 Å². The van der Waals surface area contributed by atoms with E-state index in [1.54, 1.807) is 30.3 Å². The molecule has 0 saturated carbocycles. The van der Waals surface area contributed by atoms with E-state index >= 15 is 0 Å². The largest absolute Gasteiger partial charge is 0.508 e. The van der Waals surface area contributed by atoms with Crippen LogP contribution in [0.5, 0.6) is 11.5 Å². The molecule has 2 aliphatic heterocycles. The molecule has 4 bridgehead atoms. The lowest BCUT2D eigenvalue weighted by Gasteiger charge is -2.32. The molecule has 2 aromatic rings. The zero-order chi connectivity index (χ0) is 28.8. The average Bonchev–Trinajstić information content (AvgIpc) is 3.47. The van der Waals surface area contributed by atoms with Gasteiger partial charge in [0.15, 0.2) is 0 Å². The van der Waals surface area contributed by atoms with Crippen molar-refractivity contribution >= 4 is 17.7 Å². The smallest absolute Gasteiger partial charge is 0.245 e. The Morgan fingerprint density at radius 2 is 1.73 bits per heavy atom. The Bertz CT molecular complexity index is 1230. The van der Waals surface area contributed by atoms with Gasteiger partial charge in [-0.15, -0.1) is 0 Å². The van der Waals surface area contributed by atoms with Crippen LogP contribution in [0.3, 0.4) is 0 Å². The highest BCUT2D eigenvalue weighted by Crippen LogP contribution is 2.31. The van der Waals surface area contributed by atoms with Crippen LogP contribution in [0.25, 0.3) is 11.1 Å². The Kier molecular flexibility index (Phi) is 9.62. The van der Waals surface area contributed by atoms with E-state index in [9.17, 15) is 24.6 Å². The standard InChI is InChI=1S/C29H40N6O5/c1-35-24(28(39)33-16-21-4-3-11-32-21)15-20-13-18(7-9-26(20)37)17-6-8-25(36)19(12-17)14-22(31)27(38)34-23(29(35)40)5-2-10-30/h6-9,12-13,21-24,32,36-37H,2-5,10-11,14-16,30-31H2,1H3,(H,33,39)(H,34,38)/t21?,22-,23+,24+/m1/s1. The predicted octanol–water partition coefficient (Wildman–Crippen LogP) is 0.110. The molecule has 0 aliphatic carbocycles. The second-order valence-corrected chi connectivity index (χ2v) is 10.7. The second kappa shape index (κ2) is 13.1. The fourth-order valence-electron chi connectivity index (χ4n) is 5.33. The summed E-state index contributed by atoms with van der Waals surface area (Å²) in [5.74, 6) is -1.36. The molecule has 0 radical (unpaired) electrons. The second-order valence-electron chi connectivity index (χ2n) is 10.7. The van der Waals surface area contributed by atoms with Crippen LogP contribution >= 0.6 is 0 Å². The van der Waals surface area contributed by atoms with Crippen LogP contribution in [0.15, 0.2) is 36.4 Å². The highest BCUT2D eigenvalue weighted by Gasteiger charge is 2.34. The maximum absolute atomic E-state index is 13.8. The Hall–Kier alpha value is -3.67. The number of carbonyl (C=O) groups excluding carboxylic acids is 3. The Morgan fingerprint density at radius 3 is 2.33 bits per heavy atom. The van der Waals surface area contributed by atoms with Crippen LogP contribution in [0.2, 0.25) is 0 Å². The van der Waals surface area contributed by atoms with E-state index in [0.717, 1.165) is 30.5 Å². The van der Waals surface area contributed by atoms with Crippen LogP contribution < -0.4 is 27.4 Å². The van der Waals surface area contributed by atoms with Crippen molar-refractivity contribution in [2.75, 3.05) is 26.7 Å². The highest BCUT2D eigenvalue weighted by molar-refractivity contribution is 5.93. The number of phenols is 2. The van der Waals surface area contributed by atoms with Crippen molar-refractivity contribution in [1.29, 1.82) is 0 Å². The summed E-state index contributed by atoms with van der Waals surface area (Å²) in [5.41, 5.74) is 14.4. The Morgan fingerprint density at radius 1 is 1.07 bits per heavy atom. The van der Waals surface area contributed by atoms with Gasteiger partial charge < -0.3 is 42.5 Å². The van der Waals surface area contributed by atoms with Crippen molar-refractivity contribution in [1.82, 2.24) is 20.9 Å². The fourth-order valence-corrected chi connectivity index (χ4v) is 5.33. The Balaban J connectivity index is 1.75. The van der Waals surface area contributed by atoms with Crippen molar-refractivity contribution in [2.24, 2.45) is 11.5 Å². The van der Waals surface area contributed by atoms with E-state index in [0.29, 0.717) is 30.6 Å². The van der Waals surface area contributed by atoms with Crippen LogP contribution in [-0.4, -0.2) is 83.7 Å². The molecule has 40 heavy (non-hydrogen) atoms. The summed E-state index contributed by atoms with van der Waals surface area (Å²) < 4.78 is 0. The molecule has 1 unspecified atom stereocenters. The lowest BCUT2D eigenvalue weighted by atomic mass is 9.95. The van der Waals surface area contributed by atoms with Gasteiger partial charge in [0.1, 0.15) is 23.6 Å². The predicted molar refractivity (Wildman–Crippen MR) is 151 cm³/mol. The van der Waals surface area contributed by atoms with Gasteiger partial charge in [0.2, 0.25) is 17.7 Å². The van der Waals surface area contributed by atoms with Gasteiger partial charge in [-0.2, -0.15) is 0 Å². The van der Waals surface area contributed by atoms with E-state index in [-0.39, 0.29) is 42.7 Å². The van der Waals surface area contributed by atoms with Crippen molar-refractivity contribution in [3.8, 4) is 22.6 Å². The topological polar surface area (TPSA) is 183 Å². The first-order valence-electron chi connectivity index (χ1n) is 13.9. The van der Waals surface area contributed by atoms with Gasteiger partial charge >= 0.3 is 0 Å². The molecule has 11 nitrogen and oxygen atoms in total. The summed E-state index contributed by atoms with van der Waals surface area (Å²) in [6.07, 6.45) is 2.81. The molecular weight excluding hydrogens is 512 g/mol. The number of rotatable bonds is 6. The number of benzene rings is 2. The molecule has 9 N–H and O–H groups in total. The fraction of sp³-hybridized carbons (Fsp3) is 0.483. The first-order valence-corrected chi connectivity index (χ1v) is 13.9. The number of phenolic OH excluding ortho intramolecular Hbond substituents is 2. The third-order valence-corrected chi connectivity index (χ3v) is 7.80. The van der Waals surface area contributed by atoms with Gasteiger partial charge in [0.05, 0.1) is 6.04 Å². The molecule has 1 saturated heterocycles. The van der Waals surface area contributed by atoms with Gasteiger partial charge in [-0.05, 0) is 85.3 Å². The quantitative estimate of drug-likeness (QED) is 0.263. The summed E-state index contributed by atoms with van der Waals surface area (Å²) in [6.45, 7) is 1.63. The van der Waals surface area contributed by atoms with Gasteiger partial charge in [-0.1, -0.05) is 12.1 Å². The summed E-state index contributed by atoms with van der Waals surface area (Å²) in [5, 5.41) is 30.3. The van der Waals surface area contributed by atoms with Gasteiger partial charge in [0, 0.05) is 32.5 Å². The number of fused-ring (bicyclic) bond motifs is 5. The minimum absolute atomic E-state index is 0.000651. The number of nitrogens with zero attached hydrogens (tertiary/aromatic N) is 1. The summed E-state index contributed by atoms with van der Waals surface area (Å²) >= 11 is 0. The molecule has 3 amide bonds. The molecule has 11 heteroatoms. The van der Waals surface area contributed by atoms with Crippen LogP contribution in [0, 0.1) is 0 Å². The Labute approximate surface area is 234 Å². The summed E-state index contributed by atoms with van der Waals surface area (Å²) in [6, 6.07) is 7.30. The van der Waals surface area contributed by atoms with E-state index in [4.69, 9.17) is 11.5 Å². The highest BCUT2D eigenvalue weighted by atomic mass is 16.3. The summed E-state index contributed by atoms with van der Waals surface area (Å²) in [4.78, 5) is 41.8. The number of nitrogens with two attached hydrogens (primary N) is 2. The molecule has 4 rings (SSSR count). The zero-order valence-corrected chi connectivity index (χ0v) is 22.9. The number of hydrogen-bond acceptors (Lipinski definition) is 8. The van der Waals surface area contributed by atoms with Crippen molar-refractivity contribution in [3.05, 3.63) is 47.5 Å². The van der Waals surface area contributed by atoms with Crippen molar-refractivity contribution in [2.45, 2.75) is 62.7 Å². The van der Waals surface area contributed by atoms with Gasteiger partial charge in [-0.3, -0.25) is 14.4 Å². The third kappa shape index (κ3) is 6.90. The molecule has 216 valence electrons. The molecule has 0 spiro atoms. The first kappa shape index (κ1) is 29.3. The minimum Gasteiger partial charge on any atom is -0.508 e.